The van der Waals surface area contributed by atoms with E-state index >= 15 is 0 Å². The molecule has 2 heterocycles. The molecule has 24 heavy (non-hydrogen) atoms. The van der Waals surface area contributed by atoms with Crippen molar-refractivity contribution in [3.63, 3.8) is 0 Å². The average molecular weight is 335 g/mol. The van der Waals surface area contributed by atoms with Gasteiger partial charge in [0.25, 0.3) is 0 Å². The number of allylic oxidation sites excluding steroid dienone is 4. The smallest absolute Gasteiger partial charge is 0.303 e. The summed E-state index contributed by atoms with van der Waals surface area (Å²) in [5.41, 5.74) is 0. The number of hydrogen-bond donors (Lipinski definition) is 1. The van der Waals surface area contributed by atoms with Crippen molar-refractivity contribution in [3.05, 3.63) is 24.3 Å². The number of rotatable bonds is 12. The Morgan fingerprint density at radius 1 is 1.00 bits per heavy atom. The lowest BCUT2D eigenvalue weighted by Gasteiger charge is -2.27. The van der Waals surface area contributed by atoms with Gasteiger partial charge in [-0.1, -0.05) is 37.1 Å². The Balaban J connectivity index is 1.67. The van der Waals surface area contributed by atoms with Gasteiger partial charge >= 0.3 is 5.97 Å². The van der Waals surface area contributed by atoms with Gasteiger partial charge < -0.3 is 9.84 Å². The number of fused-ring (bicyclic) bond motifs is 2. The van der Waals surface area contributed by atoms with E-state index in [2.05, 4.69) is 31.2 Å². The van der Waals surface area contributed by atoms with Crippen molar-refractivity contribution >= 4 is 5.97 Å². The Morgan fingerprint density at radius 3 is 2.50 bits per heavy atom. The lowest BCUT2D eigenvalue weighted by molar-refractivity contribution is -0.137. The van der Waals surface area contributed by atoms with Gasteiger partial charge in [-0.25, -0.2) is 0 Å². The Hall–Kier alpha value is -1.09. The van der Waals surface area contributed by atoms with E-state index in [1.807, 2.05) is 0 Å². The summed E-state index contributed by atoms with van der Waals surface area (Å²) in [5, 5.41) is 8.65. The van der Waals surface area contributed by atoms with Crippen molar-refractivity contribution in [1.29, 1.82) is 0 Å². The molecule has 0 aliphatic carbocycles. The summed E-state index contributed by atoms with van der Waals surface area (Å²) in [4.78, 5) is 10.5. The van der Waals surface area contributed by atoms with Crippen LogP contribution < -0.4 is 0 Å². The van der Waals surface area contributed by atoms with Gasteiger partial charge in [0.05, 0.1) is 12.2 Å². The molecule has 0 saturated carbocycles. The number of hydrogen-bond acceptors (Lipinski definition) is 2. The van der Waals surface area contributed by atoms with Crippen molar-refractivity contribution in [3.8, 4) is 0 Å². The first-order chi connectivity index (χ1) is 11.7. The summed E-state index contributed by atoms with van der Waals surface area (Å²) >= 11 is 0. The fourth-order valence-electron chi connectivity index (χ4n) is 4.33. The molecular formula is C21H34O3. The minimum Gasteiger partial charge on any atom is -0.481 e. The van der Waals surface area contributed by atoms with E-state index in [-0.39, 0.29) is 6.42 Å². The van der Waals surface area contributed by atoms with E-state index < -0.39 is 5.97 Å². The molecule has 0 aromatic rings. The average Bonchev–Trinajstić information content (AvgIpc) is 3.15. The highest BCUT2D eigenvalue weighted by Crippen LogP contribution is 2.47. The molecule has 2 fully saturated rings. The first-order valence-electron chi connectivity index (χ1n) is 9.85. The van der Waals surface area contributed by atoms with Gasteiger partial charge in [0.15, 0.2) is 0 Å². The molecule has 0 radical (unpaired) electrons. The molecular weight excluding hydrogens is 300 g/mol. The predicted octanol–water partition coefficient (Wildman–Crippen LogP) is 5.51. The van der Waals surface area contributed by atoms with Crippen molar-refractivity contribution in [2.24, 2.45) is 11.8 Å². The molecule has 0 unspecified atom stereocenters. The van der Waals surface area contributed by atoms with E-state index in [1.54, 1.807) is 0 Å². The second-order valence-corrected chi connectivity index (χ2v) is 7.32. The second kappa shape index (κ2) is 10.7. The number of aliphatic carboxylic acids is 1. The topological polar surface area (TPSA) is 46.5 Å². The van der Waals surface area contributed by atoms with Crippen LogP contribution in [0, 0.1) is 11.8 Å². The Bertz CT molecular complexity index is 427. The summed E-state index contributed by atoms with van der Waals surface area (Å²) in [6.07, 6.45) is 21.8. The molecule has 0 aromatic carbocycles. The van der Waals surface area contributed by atoms with Crippen LogP contribution in [-0.4, -0.2) is 23.3 Å². The maximum atomic E-state index is 10.5. The largest absolute Gasteiger partial charge is 0.481 e. The maximum Gasteiger partial charge on any atom is 0.303 e. The summed E-state index contributed by atoms with van der Waals surface area (Å²) in [5.74, 6) is 0.739. The first-order valence-corrected chi connectivity index (χ1v) is 9.85. The van der Waals surface area contributed by atoms with Gasteiger partial charge in [-0.15, -0.1) is 0 Å². The number of unbranched alkanes of at least 4 members (excludes halogenated alkanes) is 4. The normalized spacial score (nSPS) is 29.2. The Labute approximate surface area is 147 Å². The van der Waals surface area contributed by atoms with E-state index in [1.165, 1.54) is 44.9 Å². The number of carbonyl (C=O) groups is 1. The van der Waals surface area contributed by atoms with Crippen LogP contribution in [0.5, 0.6) is 0 Å². The standard InChI is InChI=1S/C21H34O3/c1-2-3-4-5-6-9-12-17-18(20-16-15-19(17)24-20)13-10-7-8-11-14-21(22)23/h2-3,7,10,17-20H,4-6,8-9,11-16H2,1H3,(H,22,23)/t17-,18+,19-,20+/m1/s1. The predicted molar refractivity (Wildman–Crippen MR) is 98.0 cm³/mol. The number of carboxylic acid groups (broad SMARTS) is 1. The van der Waals surface area contributed by atoms with Gasteiger partial charge in [0.2, 0.25) is 0 Å². The van der Waals surface area contributed by atoms with E-state index in [4.69, 9.17) is 9.84 Å². The van der Waals surface area contributed by atoms with Crippen LogP contribution in [0.4, 0.5) is 0 Å². The van der Waals surface area contributed by atoms with Crippen molar-refractivity contribution in [2.45, 2.75) is 89.8 Å². The van der Waals surface area contributed by atoms with Gasteiger partial charge in [0.1, 0.15) is 0 Å². The highest BCUT2D eigenvalue weighted by molar-refractivity contribution is 5.66. The molecule has 0 spiro atoms. The zero-order valence-corrected chi connectivity index (χ0v) is 15.2. The third-order valence-corrected chi connectivity index (χ3v) is 5.57. The number of ether oxygens (including phenoxy) is 1. The molecule has 2 rings (SSSR count). The summed E-state index contributed by atoms with van der Waals surface area (Å²) in [7, 11) is 0. The third-order valence-electron chi connectivity index (χ3n) is 5.57. The SMILES string of the molecule is CC=CCCCCC[C@@H]1[C@H](CC=CCCCC(=O)O)[C@@H]2CC[C@H]1O2. The lowest BCUT2D eigenvalue weighted by atomic mass is 9.75. The van der Waals surface area contributed by atoms with Gasteiger partial charge in [-0.3, -0.25) is 4.79 Å². The molecule has 0 amide bonds. The molecule has 3 nitrogen and oxygen atoms in total. The molecule has 4 atom stereocenters. The van der Waals surface area contributed by atoms with Gasteiger partial charge in [-0.05, 0) is 70.1 Å². The van der Waals surface area contributed by atoms with Crippen LogP contribution in [-0.2, 0) is 9.53 Å². The Morgan fingerprint density at radius 2 is 1.75 bits per heavy atom. The first kappa shape index (κ1) is 19.2. The summed E-state index contributed by atoms with van der Waals surface area (Å²) in [6, 6.07) is 0. The molecule has 1 N–H and O–H groups in total. The van der Waals surface area contributed by atoms with Crippen LogP contribution in [0.15, 0.2) is 24.3 Å². The summed E-state index contributed by atoms with van der Waals surface area (Å²) in [6.45, 7) is 2.09. The van der Waals surface area contributed by atoms with Crippen molar-refractivity contribution in [1.82, 2.24) is 0 Å². The summed E-state index contributed by atoms with van der Waals surface area (Å²) < 4.78 is 6.18. The van der Waals surface area contributed by atoms with E-state index in [0.29, 0.717) is 18.1 Å². The molecule has 3 heteroatoms. The zero-order chi connectivity index (χ0) is 17.2. The van der Waals surface area contributed by atoms with Gasteiger partial charge in [0, 0.05) is 6.42 Å². The molecule has 2 saturated heterocycles. The quantitative estimate of drug-likeness (QED) is 0.378. The van der Waals surface area contributed by atoms with Crippen molar-refractivity contribution in [2.75, 3.05) is 0 Å². The zero-order valence-electron chi connectivity index (χ0n) is 15.2. The molecule has 2 aliphatic rings. The van der Waals surface area contributed by atoms with Crippen LogP contribution in [0.25, 0.3) is 0 Å². The van der Waals surface area contributed by atoms with Gasteiger partial charge in [-0.2, -0.15) is 0 Å². The molecule has 2 bridgehead atoms. The fraction of sp³-hybridized carbons (Fsp3) is 0.762. The maximum absolute atomic E-state index is 10.5. The van der Waals surface area contributed by atoms with Crippen LogP contribution >= 0.6 is 0 Å². The fourth-order valence-corrected chi connectivity index (χ4v) is 4.33. The van der Waals surface area contributed by atoms with Crippen molar-refractivity contribution < 1.29 is 14.6 Å². The second-order valence-electron chi connectivity index (χ2n) is 7.32. The van der Waals surface area contributed by atoms with Crippen LogP contribution in [0.2, 0.25) is 0 Å². The van der Waals surface area contributed by atoms with E-state index in [0.717, 1.165) is 25.2 Å². The highest BCUT2D eigenvalue weighted by Gasteiger charge is 2.47. The number of carboxylic acids is 1. The van der Waals surface area contributed by atoms with Crippen LogP contribution in [0.1, 0.15) is 77.6 Å². The molecule has 0 aromatic heterocycles. The van der Waals surface area contributed by atoms with E-state index in [9.17, 15) is 4.79 Å². The molecule has 136 valence electrons. The minimum atomic E-state index is -0.695. The minimum absolute atomic E-state index is 0.275. The van der Waals surface area contributed by atoms with Crippen LogP contribution in [0.3, 0.4) is 0 Å². The highest BCUT2D eigenvalue weighted by atomic mass is 16.5. The molecule has 2 aliphatic heterocycles. The third kappa shape index (κ3) is 6.08. The monoisotopic (exact) mass is 334 g/mol. The lowest BCUT2D eigenvalue weighted by Crippen LogP contribution is -2.26. The Kier molecular flexibility index (Phi) is 8.58.